The van der Waals surface area contributed by atoms with Crippen molar-refractivity contribution in [2.24, 2.45) is 16.8 Å². The van der Waals surface area contributed by atoms with Crippen LogP contribution < -0.4 is 11.1 Å². The highest BCUT2D eigenvalue weighted by Crippen LogP contribution is 2.26. The summed E-state index contributed by atoms with van der Waals surface area (Å²) in [5.74, 6) is -2.88. The molecule has 0 aliphatic heterocycles. The molecule has 0 radical (unpaired) electrons. The van der Waals surface area contributed by atoms with Crippen molar-refractivity contribution < 1.29 is 18.4 Å². The first-order valence-electron chi connectivity index (χ1n) is 4.83. The number of hydrogen-bond donors (Lipinski definition) is 3. The van der Waals surface area contributed by atoms with E-state index in [2.05, 4.69) is 10.5 Å². The molecular formula is C9H11ClF3N3OS. The van der Waals surface area contributed by atoms with E-state index in [4.69, 9.17) is 22.5 Å². The molecule has 0 spiro atoms. The van der Waals surface area contributed by atoms with E-state index in [0.717, 1.165) is 4.88 Å². The zero-order valence-electron chi connectivity index (χ0n) is 9.04. The maximum atomic E-state index is 12.6. The summed E-state index contributed by atoms with van der Waals surface area (Å²) < 4.78 is 38.2. The molecule has 1 atom stereocenters. The van der Waals surface area contributed by atoms with E-state index in [9.17, 15) is 13.2 Å². The van der Waals surface area contributed by atoms with Crippen LogP contribution in [-0.2, 0) is 6.54 Å². The normalized spacial score (nSPS) is 14.8. The largest absolute Gasteiger partial charge is 0.409 e. The lowest BCUT2D eigenvalue weighted by Gasteiger charge is -2.19. The number of alkyl halides is 3. The van der Waals surface area contributed by atoms with Crippen LogP contribution in [0, 0.1) is 5.92 Å². The molecular weight excluding hydrogens is 291 g/mol. The second kappa shape index (κ2) is 6.26. The predicted octanol–water partition coefficient (Wildman–Crippen LogP) is 2.42. The Balaban J connectivity index is 2.53. The summed E-state index contributed by atoms with van der Waals surface area (Å²) in [6.45, 7) is -0.225. The first-order valence-corrected chi connectivity index (χ1v) is 6.03. The number of rotatable bonds is 5. The van der Waals surface area contributed by atoms with Gasteiger partial charge in [0.25, 0.3) is 0 Å². The van der Waals surface area contributed by atoms with Gasteiger partial charge < -0.3 is 16.3 Å². The van der Waals surface area contributed by atoms with Crippen molar-refractivity contribution in [1.82, 2.24) is 5.32 Å². The molecule has 0 bridgehead atoms. The van der Waals surface area contributed by atoms with Crippen LogP contribution in [0.1, 0.15) is 4.88 Å². The van der Waals surface area contributed by atoms with Gasteiger partial charge in [0.1, 0.15) is 5.92 Å². The number of thiophene rings is 1. The van der Waals surface area contributed by atoms with E-state index >= 15 is 0 Å². The fraction of sp³-hybridized carbons (Fsp3) is 0.444. The highest BCUT2D eigenvalue weighted by atomic mass is 35.5. The molecule has 1 aromatic rings. The van der Waals surface area contributed by atoms with Gasteiger partial charge in [-0.2, -0.15) is 13.2 Å². The van der Waals surface area contributed by atoms with Crippen LogP contribution in [0.4, 0.5) is 13.2 Å². The summed E-state index contributed by atoms with van der Waals surface area (Å²) in [5.41, 5.74) is 5.01. The molecule has 102 valence electrons. The van der Waals surface area contributed by atoms with Crippen molar-refractivity contribution in [2.75, 3.05) is 6.54 Å². The Morgan fingerprint density at radius 1 is 1.56 bits per heavy atom. The molecule has 1 rings (SSSR count). The molecule has 0 aliphatic rings. The van der Waals surface area contributed by atoms with Crippen molar-refractivity contribution in [3.8, 4) is 0 Å². The van der Waals surface area contributed by atoms with Crippen LogP contribution in [-0.4, -0.2) is 23.8 Å². The number of nitrogens with one attached hydrogen (secondary N) is 1. The van der Waals surface area contributed by atoms with Gasteiger partial charge in [-0.25, -0.2) is 0 Å². The van der Waals surface area contributed by atoms with Gasteiger partial charge in [-0.05, 0) is 12.1 Å². The SMILES string of the molecule is N/C(=N/O)C(CNCc1ccc(Cl)s1)C(F)(F)F. The van der Waals surface area contributed by atoms with Crippen LogP contribution in [0.25, 0.3) is 0 Å². The molecule has 0 saturated heterocycles. The second-order valence-electron chi connectivity index (χ2n) is 3.46. The van der Waals surface area contributed by atoms with Gasteiger partial charge in [0.15, 0.2) is 5.84 Å². The van der Waals surface area contributed by atoms with E-state index in [1.807, 2.05) is 0 Å². The smallest absolute Gasteiger partial charge is 0.400 e. The van der Waals surface area contributed by atoms with Crippen molar-refractivity contribution >= 4 is 28.8 Å². The van der Waals surface area contributed by atoms with Crippen molar-refractivity contribution in [1.29, 1.82) is 0 Å². The minimum atomic E-state index is -4.56. The molecule has 0 aliphatic carbocycles. The topological polar surface area (TPSA) is 70.6 Å². The zero-order chi connectivity index (χ0) is 13.8. The monoisotopic (exact) mass is 301 g/mol. The third kappa shape index (κ3) is 4.35. The number of nitrogens with two attached hydrogens (primary N) is 1. The fourth-order valence-electron chi connectivity index (χ4n) is 1.24. The molecule has 0 fully saturated rings. The maximum Gasteiger partial charge on any atom is 0.400 e. The Morgan fingerprint density at radius 2 is 2.22 bits per heavy atom. The lowest BCUT2D eigenvalue weighted by Crippen LogP contribution is -2.42. The number of halogens is 4. The second-order valence-corrected chi connectivity index (χ2v) is 5.26. The Morgan fingerprint density at radius 3 is 2.67 bits per heavy atom. The van der Waals surface area contributed by atoms with E-state index in [1.165, 1.54) is 11.3 Å². The molecule has 1 unspecified atom stereocenters. The van der Waals surface area contributed by atoms with Gasteiger partial charge in [0, 0.05) is 18.0 Å². The van der Waals surface area contributed by atoms with Crippen molar-refractivity contribution in [3.05, 3.63) is 21.3 Å². The molecule has 4 nitrogen and oxygen atoms in total. The fourth-order valence-corrected chi connectivity index (χ4v) is 2.30. The predicted molar refractivity (Wildman–Crippen MR) is 64.0 cm³/mol. The minimum Gasteiger partial charge on any atom is -0.409 e. The van der Waals surface area contributed by atoms with Crippen LogP contribution >= 0.6 is 22.9 Å². The Bertz CT molecular complexity index is 421. The van der Waals surface area contributed by atoms with E-state index in [0.29, 0.717) is 4.34 Å². The first-order chi connectivity index (χ1) is 8.34. The van der Waals surface area contributed by atoms with E-state index < -0.39 is 24.5 Å². The molecule has 1 heterocycles. The third-order valence-corrected chi connectivity index (χ3v) is 3.38. The van der Waals surface area contributed by atoms with E-state index in [-0.39, 0.29) is 6.54 Å². The molecule has 9 heteroatoms. The Labute approximate surface area is 110 Å². The lowest BCUT2D eigenvalue weighted by atomic mass is 10.1. The van der Waals surface area contributed by atoms with Gasteiger partial charge in [-0.15, -0.1) is 11.3 Å². The van der Waals surface area contributed by atoms with E-state index in [1.54, 1.807) is 12.1 Å². The van der Waals surface area contributed by atoms with Gasteiger partial charge in [0.2, 0.25) is 0 Å². The van der Waals surface area contributed by atoms with Gasteiger partial charge in [-0.1, -0.05) is 16.8 Å². The average molecular weight is 302 g/mol. The van der Waals surface area contributed by atoms with Crippen molar-refractivity contribution in [2.45, 2.75) is 12.7 Å². The summed E-state index contributed by atoms with van der Waals surface area (Å²) in [7, 11) is 0. The highest BCUT2D eigenvalue weighted by molar-refractivity contribution is 7.16. The first kappa shape index (κ1) is 15.1. The minimum absolute atomic E-state index is 0.239. The number of amidine groups is 1. The van der Waals surface area contributed by atoms with Gasteiger partial charge >= 0.3 is 6.18 Å². The third-order valence-electron chi connectivity index (χ3n) is 2.14. The highest BCUT2D eigenvalue weighted by Gasteiger charge is 2.42. The average Bonchev–Trinajstić information content (AvgIpc) is 2.68. The van der Waals surface area contributed by atoms with Crippen LogP contribution in [0.3, 0.4) is 0 Å². The number of hydrogen-bond acceptors (Lipinski definition) is 4. The Kier molecular flexibility index (Phi) is 5.24. The quantitative estimate of drug-likeness (QED) is 0.338. The van der Waals surface area contributed by atoms with Gasteiger partial charge in [-0.3, -0.25) is 0 Å². The molecule has 0 amide bonds. The summed E-state index contributed by atoms with van der Waals surface area (Å²) in [5, 5.41) is 13.3. The molecule has 0 aromatic carbocycles. The molecule has 0 saturated carbocycles. The summed E-state index contributed by atoms with van der Waals surface area (Å²) >= 11 is 6.96. The van der Waals surface area contributed by atoms with Crippen LogP contribution in [0.5, 0.6) is 0 Å². The lowest BCUT2D eigenvalue weighted by molar-refractivity contribution is -0.154. The molecule has 4 N–H and O–H groups in total. The van der Waals surface area contributed by atoms with Gasteiger partial charge in [0.05, 0.1) is 4.34 Å². The zero-order valence-corrected chi connectivity index (χ0v) is 10.6. The summed E-state index contributed by atoms with van der Waals surface area (Å²) in [6, 6.07) is 3.38. The van der Waals surface area contributed by atoms with Crippen LogP contribution in [0.2, 0.25) is 4.34 Å². The standard InChI is InChI=1S/C9H11ClF3N3OS/c10-7-2-1-5(18-7)3-15-4-6(8(14)16-17)9(11,12)13/h1-2,6,15,17H,3-4H2,(H2,14,16). The molecule has 18 heavy (non-hydrogen) atoms. The summed E-state index contributed by atoms with van der Waals surface area (Å²) in [6.07, 6.45) is -4.56. The Hall–Kier alpha value is -0.990. The van der Waals surface area contributed by atoms with Crippen molar-refractivity contribution in [3.63, 3.8) is 0 Å². The maximum absolute atomic E-state index is 12.6. The number of nitrogens with zero attached hydrogens (tertiary/aromatic N) is 1. The summed E-state index contributed by atoms with van der Waals surface area (Å²) in [4.78, 5) is 0.806. The molecule has 1 aromatic heterocycles. The van der Waals surface area contributed by atoms with Crippen LogP contribution in [0.15, 0.2) is 17.3 Å². The number of oxime groups is 1.